The minimum Gasteiger partial charge on any atom is -0.305 e. The van der Waals surface area contributed by atoms with Gasteiger partial charge in [0.25, 0.3) is 0 Å². The van der Waals surface area contributed by atoms with Crippen molar-refractivity contribution in [1.82, 2.24) is 10.8 Å². The van der Waals surface area contributed by atoms with E-state index in [0.717, 1.165) is 12.7 Å². The SMILES string of the molecule is [B]1C[B]NNC1. The zero-order valence-electron chi connectivity index (χ0n) is 3.57. The van der Waals surface area contributed by atoms with Gasteiger partial charge in [0, 0.05) is 0 Å². The molecule has 2 N–H and O–H groups in total. The Kier molecular flexibility index (Phi) is 1.59. The first kappa shape index (κ1) is 4.22. The van der Waals surface area contributed by atoms with E-state index in [2.05, 4.69) is 18.0 Å². The van der Waals surface area contributed by atoms with Crippen LogP contribution in [0.5, 0.6) is 0 Å². The molecule has 0 aromatic rings. The molecular formula is C2H6B2N2. The molecule has 0 aromatic carbocycles. The van der Waals surface area contributed by atoms with Gasteiger partial charge in [-0.3, -0.25) is 5.43 Å². The van der Waals surface area contributed by atoms with E-state index in [1.807, 2.05) is 7.41 Å². The van der Waals surface area contributed by atoms with Gasteiger partial charge in [-0.05, 0) is 6.44 Å². The first-order valence-corrected chi connectivity index (χ1v) is 2.12. The van der Waals surface area contributed by atoms with Gasteiger partial charge in [0.15, 0.2) is 0 Å². The fourth-order valence-corrected chi connectivity index (χ4v) is 0.429. The van der Waals surface area contributed by atoms with Crippen LogP contribution in [0.1, 0.15) is 0 Å². The summed E-state index contributed by atoms with van der Waals surface area (Å²) in [6, 6.07) is 0. The van der Waals surface area contributed by atoms with Gasteiger partial charge >= 0.3 is 0 Å². The maximum absolute atomic E-state index is 2.92. The summed E-state index contributed by atoms with van der Waals surface area (Å²) >= 11 is 0. The second-order valence-electron chi connectivity index (χ2n) is 1.25. The summed E-state index contributed by atoms with van der Waals surface area (Å²) in [6.07, 6.45) is 2.06. The first-order valence-electron chi connectivity index (χ1n) is 2.12. The molecule has 1 saturated heterocycles. The molecular weight excluding hydrogens is 73.7 g/mol. The van der Waals surface area contributed by atoms with Crippen LogP contribution in [0.3, 0.4) is 0 Å². The predicted octanol–water partition coefficient (Wildman–Crippen LogP) is -1.25. The highest BCUT2D eigenvalue weighted by molar-refractivity contribution is 6.55. The van der Waals surface area contributed by atoms with Crippen molar-refractivity contribution < 1.29 is 0 Å². The molecule has 2 nitrogen and oxygen atoms in total. The first-order chi connectivity index (χ1) is 3.00. The summed E-state index contributed by atoms with van der Waals surface area (Å²) in [5.74, 6) is 0. The van der Waals surface area contributed by atoms with Crippen LogP contribution in [0.4, 0.5) is 0 Å². The largest absolute Gasteiger partial charge is 0.305 e. The van der Waals surface area contributed by atoms with Gasteiger partial charge in [-0.2, -0.15) is 0 Å². The molecule has 0 unspecified atom stereocenters. The normalized spacial score (nSPS) is 21.3. The Morgan fingerprint density at radius 2 is 2.50 bits per heavy atom. The Morgan fingerprint density at radius 3 is 2.67 bits per heavy atom. The quantitative estimate of drug-likeness (QED) is 0.355. The molecule has 6 heavy (non-hydrogen) atoms. The number of hydrogen-bond donors (Lipinski definition) is 2. The summed E-state index contributed by atoms with van der Waals surface area (Å²) in [5, 5.41) is 2.88. The second kappa shape index (κ2) is 2.26. The van der Waals surface area contributed by atoms with E-state index in [0.29, 0.717) is 0 Å². The Hall–Kier alpha value is 0.0499. The van der Waals surface area contributed by atoms with Crippen LogP contribution in [0.2, 0.25) is 6.22 Å². The lowest BCUT2D eigenvalue weighted by Gasteiger charge is -2.08. The molecule has 0 amide bonds. The molecule has 2 radical (unpaired) electrons. The summed E-state index contributed by atoms with van der Waals surface area (Å²) in [4.78, 5) is 0. The lowest BCUT2D eigenvalue weighted by Crippen LogP contribution is -2.43. The molecule has 1 aliphatic rings. The predicted molar refractivity (Wildman–Crippen MR) is 27.5 cm³/mol. The zero-order valence-corrected chi connectivity index (χ0v) is 3.57. The Morgan fingerprint density at radius 1 is 1.50 bits per heavy atom. The summed E-state index contributed by atoms with van der Waals surface area (Å²) in [5.41, 5.74) is 2.92. The van der Waals surface area contributed by atoms with Crippen LogP contribution >= 0.6 is 0 Å². The van der Waals surface area contributed by atoms with E-state index in [4.69, 9.17) is 0 Å². The topological polar surface area (TPSA) is 24.1 Å². The van der Waals surface area contributed by atoms with Gasteiger partial charge < -0.3 is 5.34 Å². The van der Waals surface area contributed by atoms with Crippen molar-refractivity contribution in [2.24, 2.45) is 0 Å². The van der Waals surface area contributed by atoms with Gasteiger partial charge in [0.1, 0.15) is 7.28 Å². The number of hydrogen-bond acceptors (Lipinski definition) is 2. The molecule has 0 aliphatic carbocycles. The highest BCUT2D eigenvalue weighted by Gasteiger charge is 1.97. The van der Waals surface area contributed by atoms with Crippen molar-refractivity contribution in [1.29, 1.82) is 0 Å². The van der Waals surface area contributed by atoms with E-state index in [1.165, 1.54) is 0 Å². The molecule has 0 spiro atoms. The van der Waals surface area contributed by atoms with Crippen molar-refractivity contribution in [3.8, 4) is 0 Å². The lowest BCUT2D eigenvalue weighted by molar-refractivity contribution is 0.751. The minimum absolute atomic E-state index is 0.983. The third-order valence-electron chi connectivity index (χ3n) is 0.735. The highest BCUT2D eigenvalue weighted by Crippen LogP contribution is 1.72. The molecule has 4 heteroatoms. The van der Waals surface area contributed by atoms with Crippen molar-refractivity contribution >= 4 is 14.7 Å². The molecule has 0 saturated carbocycles. The van der Waals surface area contributed by atoms with Crippen LogP contribution in [-0.4, -0.2) is 21.1 Å². The smallest absolute Gasteiger partial charge is 0.216 e. The molecule has 0 aromatic heterocycles. The van der Waals surface area contributed by atoms with Gasteiger partial charge in [0.2, 0.25) is 7.41 Å². The molecule has 1 heterocycles. The maximum atomic E-state index is 2.92. The molecule has 0 bridgehead atoms. The van der Waals surface area contributed by atoms with Crippen molar-refractivity contribution in [3.63, 3.8) is 0 Å². The van der Waals surface area contributed by atoms with Crippen LogP contribution < -0.4 is 10.8 Å². The standard InChI is InChI=1S/C2H6B2N2/c1-3-2-5-6-4-1/h5-6H,1-2H2. The molecule has 0 atom stereocenters. The molecule has 1 fully saturated rings. The monoisotopic (exact) mass is 80.1 g/mol. The van der Waals surface area contributed by atoms with Crippen LogP contribution in [0, 0.1) is 0 Å². The highest BCUT2D eigenvalue weighted by atomic mass is 15.3. The summed E-state index contributed by atoms with van der Waals surface area (Å²) < 4.78 is 0. The Labute approximate surface area is 39.2 Å². The third kappa shape index (κ3) is 1.03. The number of rotatable bonds is 0. The second-order valence-corrected chi connectivity index (χ2v) is 1.25. The van der Waals surface area contributed by atoms with Crippen LogP contribution in [0.15, 0.2) is 0 Å². The van der Waals surface area contributed by atoms with Crippen LogP contribution in [0.25, 0.3) is 0 Å². The summed E-state index contributed by atoms with van der Waals surface area (Å²) in [6.45, 7) is 0. The van der Waals surface area contributed by atoms with Gasteiger partial charge in [-0.15, -0.1) is 0 Å². The van der Waals surface area contributed by atoms with E-state index in [9.17, 15) is 0 Å². The van der Waals surface area contributed by atoms with Gasteiger partial charge in [-0.1, -0.05) is 6.22 Å². The summed E-state index contributed by atoms with van der Waals surface area (Å²) in [7, 11) is 4.14. The average Bonchev–Trinajstić information content (AvgIpc) is 1.72. The molecule has 1 rings (SSSR count). The maximum Gasteiger partial charge on any atom is 0.216 e. The third-order valence-corrected chi connectivity index (χ3v) is 0.735. The Bertz CT molecular complexity index is 25.0. The Balaban J connectivity index is 2.00. The number of nitrogens with one attached hydrogen (secondary N) is 2. The molecule has 1 aliphatic heterocycles. The van der Waals surface area contributed by atoms with Gasteiger partial charge in [-0.25, -0.2) is 0 Å². The van der Waals surface area contributed by atoms with E-state index in [-0.39, 0.29) is 0 Å². The zero-order chi connectivity index (χ0) is 4.24. The van der Waals surface area contributed by atoms with Crippen LogP contribution in [-0.2, 0) is 0 Å². The van der Waals surface area contributed by atoms with Crippen molar-refractivity contribution in [2.75, 3.05) is 6.44 Å². The van der Waals surface area contributed by atoms with Crippen molar-refractivity contribution in [3.05, 3.63) is 0 Å². The lowest BCUT2D eigenvalue weighted by atomic mass is 9.60. The van der Waals surface area contributed by atoms with Crippen molar-refractivity contribution in [2.45, 2.75) is 6.22 Å². The fourth-order valence-electron chi connectivity index (χ4n) is 0.429. The molecule has 30 valence electrons. The average molecular weight is 79.7 g/mol. The minimum atomic E-state index is 0.983. The van der Waals surface area contributed by atoms with E-state index < -0.39 is 0 Å². The van der Waals surface area contributed by atoms with E-state index in [1.54, 1.807) is 0 Å². The fraction of sp³-hybridized carbons (Fsp3) is 1.00. The number of hydrazine groups is 1. The van der Waals surface area contributed by atoms with E-state index >= 15 is 0 Å². The van der Waals surface area contributed by atoms with Gasteiger partial charge in [0.05, 0.1) is 0 Å².